The van der Waals surface area contributed by atoms with Crippen LogP contribution in [0.5, 0.6) is 0 Å². The highest BCUT2D eigenvalue weighted by atomic mass is 16.5. The first-order valence-electron chi connectivity index (χ1n) is 15.0. The van der Waals surface area contributed by atoms with E-state index in [0.717, 1.165) is 78.4 Å². The third kappa shape index (κ3) is 7.45. The van der Waals surface area contributed by atoms with Crippen molar-refractivity contribution in [1.29, 1.82) is 0 Å². The summed E-state index contributed by atoms with van der Waals surface area (Å²) in [5.41, 5.74) is 10.4. The molecule has 2 N–H and O–H groups in total. The number of methoxy groups -OCH3 is 1. The number of esters is 1. The average molecular weight is 573 g/mol. The van der Waals surface area contributed by atoms with Gasteiger partial charge in [0.15, 0.2) is 5.82 Å². The van der Waals surface area contributed by atoms with Gasteiger partial charge in [-0.25, -0.2) is 14.8 Å². The molecule has 4 rings (SSSR count). The SMILES string of the molecule is CCCCc1nc2c(N)nc3ccccc3c2n1CCCN(Cc1cccc(C(=O)OC)c1)C(=O)CN(C)CCCC. The Bertz CT molecular complexity index is 1510. The number of fused-ring (bicyclic) bond motifs is 3. The number of para-hydroxylation sites is 1. The van der Waals surface area contributed by atoms with E-state index in [1.807, 2.05) is 42.3 Å². The Hall–Kier alpha value is -3.98. The molecule has 2 heterocycles. The van der Waals surface area contributed by atoms with Gasteiger partial charge in [-0.3, -0.25) is 9.69 Å². The zero-order valence-electron chi connectivity index (χ0n) is 25.4. The number of imidazole rings is 1. The van der Waals surface area contributed by atoms with E-state index in [9.17, 15) is 9.59 Å². The molecular formula is C33H44N6O3. The van der Waals surface area contributed by atoms with E-state index in [0.29, 0.717) is 37.6 Å². The second-order valence-electron chi connectivity index (χ2n) is 10.9. The number of benzene rings is 2. The van der Waals surface area contributed by atoms with Crippen molar-refractivity contribution in [3.8, 4) is 0 Å². The molecule has 0 fully saturated rings. The number of pyridine rings is 1. The van der Waals surface area contributed by atoms with Gasteiger partial charge in [0.25, 0.3) is 0 Å². The lowest BCUT2D eigenvalue weighted by Gasteiger charge is -2.26. The molecule has 0 aliphatic rings. The fourth-order valence-electron chi connectivity index (χ4n) is 5.36. The van der Waals surface area contributed by atoms with Gasteiger partial charge in [0.1, 0.15) is 11.3 Å². The highest BCUT2D eigenvalue weighted by Crippen LogP contribution is 2.29. The fraction of sp³-hybridized carbons (Fsp3) is 0.455. The summed E-state index contributed by atoms with van der Waals surface area (Å²) in [5.74, 6) is 1.12. The monoisotopic (exact) mass is 572 g/mol. The Morgan fingerprint density at radius 2 is 1.76 bits per heavy atom. The van der Waals surface area contributed by atoms with E-state index >= 15 is 0 Å². The quantitative estimate of drug-likeness (QED) is 0.189. The van der Waals surface area contributed by atoms with Crippen molar-refractivity contribution < 1.29 is 14.3 Å². The van der Waals surface area contributed by atoms with Crippen molar-refractivity contribution in [3.63, 3.8) is 0 Å². The maximum absolute atomic E-state index is 13.6. The van der Waals surface area contributed by atoms with E-state index in [-0.39, 0.29) is 11.9 Å². The van der Waals surface area contributed by atoms with Crippen molar-refractivity contribution in [2.75, 3.05) is 39.5 Å². The van der Waals surface area contributed by atoms with Crippen molar-refractivity contribution in [2.24, 2.45) is 0 Å². The molecule has 0 aliphatic carbocycles. The van der Waals surface area contributed by atoms with Crippen LogP contribution in [0.4, 0.5) is 5.82 Å². The number of nitrogen functional groups attached to an aromatic ring is 1. The minimum absolute atomic E-state index is 0.0673. The number of nitrogens with two attached hydrogens (primary N) is 1. The molecule has 42 heavy (non-hydrogen) atoms. The zero-order chi connectivity index (χ0) is 30.1. The van der Waals surface area contributed by atoms with Crippen LogP contribution in [0, 0.1) is 0 Å². The van der Waals surface area contributed by atoms with E-state index in [2.05, 4.69) is 34.4 Å². The number of ether oxygens (including phenoxy) is 1. The number of aryl methyl sites for hydroxylation is 2. The lowest BCUT2D eigenvalue weighted by molar-refractivity contribution is -0.132. The third-order valence-corrected chi connectivity index (χ3v) is 7.63. The van der Waals surface area contributed by atoms with Crippen LogP contribution in [-0.4, -0.2) is 70.0 Å². The molecule has 0 aliphatic heterocycles. The van der Waals surface area contributed by atoms with Crippen molar-refractivity contribution >= 4 is 39.6 Å². The number of carbonyl (C=O) groups excluding carboxylic acids is 2. The van der Waals surface area contributed by atoms with Crippen molar-refractivity contribution in [1.82, 2.24) is 24.3 Å². The number of unbranched alkanes of at least 4 members (excludes halogenated alkanes) is 2. The normalized spacial score (nSPS) is 11.5. The number of amides is 1. The lowest BCUT2D eigenvalue weighted by atomic mass is 10.1. The third-order valence-electron chi connectivity index (χ3n) is 7.63. The van der Waals surface area contributed by atoms with E-state index in [1.54, 1.807) is 12.1 Å². The Balaban J connectivity index is 1.60. The van der Waals surface area contributed by atoms with Gasteiger partial charge in [-0.05, 0) is 56.6 Å². The van der Waals surface area contributed by atoms with Gasteiger partial charge in [0.05, 0.1) is 30.3 Å². The van der Waals surface area contributed by atoms with Gasteiger partial charge in [-0.2, -0.15) is 0 Å². The Kier molecular flexibility index (Phi) is 10.9. The minimum atomic E-state index is -0.387. The Labute approximate surface area is 248 Å². The average Bonchev–Trinajstić information content (AvgIpc) is 3.37. The summed E-state index contributed by atoms with van der Waals surface area (Å²) < 4.78 is 7.18. The maximum atomic E-state index is 13.6. The van der Waals surface area contributed by atoms with Crippen LogP contribution < -0.4 is 5.73 Å². The molecule has 0 radical (unpaired) electrons. The number of nitrogens with zero attached hydrogens (tertiary/aromatic N) is 5. The van der Waals surface area contributed by atoms with Crippen molar-refractivity contribution in [2.45, 2.75) is 65.5 Å². The fourth-order valence-corrected chi connectivity index (χ4v) is 5.36. The summed E-state index contributed by atoms with van der Waals surface area (Å²) in [6.07, 6.45) is 5.81. The number of hydrogen-bond donors (Lipinski definition) is 1. The van der Waals surface area contributed by atoms with Crippen LogP contribution in [0.2, 0.25) is 0 Å². The van der Waals surface area contributed by atoms with Crippen LogP contribution in [0.25, 0.3) is 21.9 Å². The standard InChI is InChI=1S/C33H44N6O3/c1-5-7-17-28-36-30-31(26-15-9-10-16-27(26)35-32(30)34)39(28)20-12-19-38(29(40)23-37(3)18-8-6-2)22-24-13-11-14-25(21-24)33(41)42-4/h9-11,13-16,21H,5-8,12,17-20,22-23H2,1-4H3,(H2,34,35). The molecule has 0 saturated carbocycles. The molecule has 0 bridgehead atoms. The number of likely N-dealkylation sites (N-methyl/N-ethyl adjacent to an activating group) is 1. The van der Waals surface area contributed by atoms with Gasteiger partial charge in [0.2, 0.25) is 5.91 Å². The molecule has 9 nitrogen and oxygen atoms in total. The van der Waals surface area contributed by atoms with Crippen LogP contribution in [0.3, 0.4) is 0 Å². The zero-order valence-corrected chi connectivity index (χ0v) is 25.4. The first kappa shape index (κ1) is 31.0. The second kappa shape index (κ2) is 14.8. The second-order valence-corrected chi connectivity index (χ2v) is 10.9. The molecule has 9 heteroatoms. The van der Waals surface area contributed by atoms with E-state index in [4.69, 9.17) is 15.5 Å². The number of aromatic nitrogens is 3. The summed E-state index contributed by atoms with van der Waals surface area (Å²) in [4.78, 5) is 39.2. The molecule has 0 atom stereocenters. The van der Waals surface area contributed by atoms with Crippen LogP contribution in [-0.2, 0) is 29.0 Å². The minimum Gasteiger partial charge on any atom is -0.465 e. The number of anilines is 1. The molecule has 0 spiro atoms. The molecule has 224 valence electrons. The molecule has 1 amide bonds. The molecule has 2 aromatic heterocycles. The first-order valence-corrected chi connectivity index (χ1v) is 15.0. The molecular weight excluding hydrogens is 528 g/mol. The van der Waals surface area contributed by atoms with Gasteiger partial charge >= 0.3 is 5.97 Å². The van der Waals surface area contributed by atoms with Crippen molar-refractivity contribution in [3.05, 3.63) is 65.5 Å². The van der Waals surface area contributed by atoms with Gasteiger partial charge in [-0.1, -0.05) is 57.0 Å². The predicted octanol–water partition coefficient (Wildman–Crippen LogP) is 5.45. The van der Waals surface area contributed by atoms with Gasteiger partial charge < -0.3 is 19.9 Å². The molecule has 0 unspecified atom stereocenters. The smallest absolute Gasteiger partial charge is 0.337 e. The number of carbonyl (C=O) groups is 2. The summed E-state index contributed by atoms with van der Waals surface area (Å²) in [7, 11) is 3.36. The number of rotatable bonds is 15. The summed E-state index contributed by atoms with van der Waals surface area (Å²) in [6.45, 7) is 7.22. The maximum Gasteiger partial charge on any atom is 0.337 e. The predicted molar refractivity (Wildman–Crippen MR) is 168 cm³/mol. The van der Waals surface area contributed by atoms with Crippen LogP contribution in [0.1, 0.15) is 67.7 Å². The van der Waals surface area contributed by atoms with Crippen LogP contribution >= 0.6 is 0 Å². The summed E-state index contributed by atoms with van der Waals surface area (Å²) in [5, 5.41) is 1.03. The number of hydrogen-bond acceptors (Lipinski definition) is 7. The van der Waals surface area contributed by atoms with Crippen LogP contribution in [0.15, 0.2) is 48.5 Å². The highest BCUT2D eigenvalue weighted by Gasteiger charge is 2.20. The topological polar surface area (TPSA) is 107 Å². The largest absolute Gasteiger partial charge is 0.465 e. The molecule has 4 aromatic rings. The first-order chi connectivity index (χ1) is 20.4. The summed E-state index contributed by atoms with van der Waals surface area (Å²) in [6, 6.07) is 15.3. The molecule has 0 saturated heterocycles. The summed E-state index contributed by atoms with van der Waals surface area (Å²) >= 11 is 0. The Morgan fingerprint density at radius 1 is 0.976 bits per heavy atom. The van der Waals surface area contributed by atoms with E-state index in [1.165, 1.54) is 7.11 Å². The highest BCUT2D eigenvalue weighted by molar-refractivity contribution is 6.06. The molecule has 2 aromatic carbocycles. The van der Waals surface area contributed by atoms with E-state index < -0.39 is 0 Å². The Morgan fingerprint density at radius 3 is 2.52 bits per heavy atom. The van der Waals surface area contributed by atoms with Gasteiger partial charge in [-0.15, -0.1) is 0 Å². The van der Waals surface area contributed by atoms with Gasteiger partial charge in [0, 0.05) is 31.4 Å². The lowest BCUT2D eigenvalue weighted by Crippen LogP contribution is -2.39.